The second kappa shape index (κ2) is 5.43. The molecule has 0 aliphatic heterocycles. The van der Waals surface area contributed by atoms with E-state index in [1.807, 2.05) is 0 Å². The van der Waals surface area contributed by atoms with Gasteiger partial charge in [-0.2, -0.15) is 9.97 Å². The number of imidazole rings is 1. The van der Waals surface area contributed by atoms with Gasteiger partial charge in [-0.15, -0.1) is 0 Å². The third-order valence-electron chi connectivity index (χ3n) is 2.48. The van der Waals surface area contributed by atoms with Gasteiger partial charge in [-0.1, -0.05) is 0 Å². The Balaban J connectivity index is 2.51. The van der Waals surface area contributed by atoms with Gasteiger partial charge in [0.15, 0.2) is 5.69 Å². The summed E-state index contributed by atoms with van der Waals surface area (Å²) >= 11 is 0. The molecule has 0 atom stereocenters. The van der Waals surface area contributed by atoms with Crippen molar-refractivity contribution in [3.63, 3.8) is 0 Å². The molecule has 0 saturated heterocycles. The van der Waals surface area contributed by atoms with E-state index in [4.69, 9.17) is 15.2 Å². The van der Waals surface area contributed by atoms with Gasteiger partial charge >= 0.3 is 5.97 Å². The van der Waals surface area contributed by atoms with Crippen LogP contribution in [0.15, 0.2) is 12.4 Å². The molecule has 0 spiro atoms. The zero-order valence-electron chi connectivity index (χ0n) is 11.2. The standard InChI is InChI=1S/C11H13N5O4/c1-18-6-4-7(19-2)15-11(14-6)16-5-13-8(9(16)12)10(17)20-3/h4-5H,12H2,1-3H3. The molecule has 0 bridgehead atoms. The highest BCUT2D eigenvalue weighted by Crippen LogP contribution is 2.20. The molecule has 0 unspecified atom stereocenters. The summed E-state index contributed by atoms with van der Waals surface area (Å²) in [4.78, 5) is 23.5. The van der Waals surface area contributed by atoms with Crippen molar-refractivity contribution < 1.29 is 19.0 Å². The minimum Gasteiger partial charge on any atom is -0.481 e. The normalized spacial score (nSPS) is 10.2. The number of hydrogen-bond acceptors (Lipinski definition) is 8. The minimum atomic E-state index is -0.642. The average molecular weight is 279 g/mol. The summed E-state index contributed by atoms with van der Waals surface area (Å²) in [5, 5.41) is 0. The van der Waals surface area contributed by atoms with Crippen LogP contribution < -0.4 is 15.2 Å². The van der Waals surface area contributed by atoms with E-state index >= 15 is 0 Å². The molecular formula is C11H13N5O4. The molecule has 2 aromatic rings. The van der Waals surface area contributed by atoms with Crippen LogP contribution in [-0.4, -0.2) is 46.8 Å². The molecule has 0 radical (unpaired) electrons. The number of aromatic nitrogens is 4. The summed E-state index contributed by atoms with van der Waals surface area (Å²) < 4.78 is 16.0. The number of carbonyl (C=O) groups excluding carboxylic acids is 1. The topological polar surface area (TPSA) is 114 Å². The number of esters is 1. The summed E-state index contributed by atoms with van der Waals surface area (Å²) in [6.07, 6.45) is 1.32. The lowest BCUT2D eigenvalue weighted by molar-refractivity contribution is 0.0596. The van der Waals surface area contributed by atoms with E-state index < -0.39 is 5.97 Å². The maximum Gasteiger partial charge on any atom is 0.360 e. The van der Waals surface area contributed by atoms with Gasteiger partial charge in [-0.3, -0.25) is 4.57 Å². The van der Waals surface area contributed by atoms with Crippen LogP contribution in [0.1, 0.15) is 10.5 Å². The Morgan fingerprint density at radius 3 is 2.30 bits per heavy atom. The van der Waals surface area contributed by atoms with E-state index in [2.05, 4.69) is 19.7 Å². The Hall–Kier alpha value is -2.84. The average Bonchev–Trinajstić information content (AvgIpc) is 2.87. The van der Waals surface area contributed by atoms with E-state index in [0.29, 0.717) is 11.8 Å². The van der Waals surface area contributed by atoms with E-state index in [9.17, 15) is 4.79 Å². The summed E-state index contributed by atoms with van der Waals surface area (Å²) in [7, 11) is 4.16. The number of anilines is 1. The molecule has 2 heterocycles. The Morgan fingerprint density at radius 1 is 1.20 bits per heavy atom. The van der Waals surface area contributed by atoms with Crippen molar-refractivity contribution in [2.24, 2.45) is 0 Å². The summed E-state index contributed by atoms with van der Waals surface area (Å²) in [5.74, 6) is 0.170. The van der Waals surface area contributed by atoms with E-state index in [1.54, 1.807) is 0 Å². The van der Waals surface area contributed by atoms with Gasteiger partial charge in [0, 0.05) is 0 Å². The fourth-order valence-electron chi connectivity index (χ4n) is 1.48. The van der Waals surface area contributed by atoms with Crippen LogP contribution in [-0.2, 0) is 4.74 Å². The minimum absolute atomic E-state index is 0.0158. The number of hydrogen-bond donors (Lipinski definition) is 1. The zero-order valence-corrected chi connectivity index (χ0v) is 11.2. The van der Waals surface area contributed by atoms with Crippen LogP contribution in [0.2, 0.25) is 0 Å². The van der Waals surface area contributed by atoms with Crippen molar-refractivity contribution in [2.45, 2.75) is 0 Å². The lowest BCUT2D eigenvalue weighted by atomic mass is 10.4. The number of methoxy groups -OCH3 is 3. The van der Waals surface area contributed by atoms with E-state index in [0.717, 1.165) is 0 Å². The molecule has 9 nitrogen and oxygen atoms in total. The molecule has 2 aromatic heterocycles. The van der Waals surface area contributed by atoms with Crippen LogP contribution in [0, 0.1) is 0 Å². The van der Waals surface area contributed by atoms with Crippen LogP contribution in [0.3, 0.4) is 0 Å². The highest BCUT2D eigenvalue weighted by atomic mass is 16.5. The van der Waals surface area contributed by atoms with Crippen molar-refractivity contribution in [3.05, 3.63) is 18.1 Å². The molecule has 0 saturated carbocycles. The fourth-order valence-corrected chi connectivity index (χ4v) is 1.48. The SMILES string of the molecule is COC(=O)c1ncn(-c2nc(OC)cc(OC)n2)c1N. The Morgan fingerprint density at radius 2 is 1.80 bits per heavy atom. The van der Waals surface area contributed by atoms with Gasteiger partial charge in [-0.05, 0) is 0 Å². The Kier molecular flexibility index (Phi) is 3.69. The molecule has 0 amide bonds. The second-order valence-electron chi connectivity index (χ2n) is 3.59. The molecule has 106 valence electrons. The number of rotatable bonds is 4. The van der Waals surface area contributed by atoms with Crippen molar-refractivity contribution in [2.75, 3.05) is 27.1 Å². The first-order valence-electron chi connectivity index (χ1n) is 5.49. The molecule has 0 fully saturated rings. The van der Waals surface area contributed by atoms with Crippen LogP contribution in [0.25, 0.3) is 5.95 Å². The third kappa shape index (κ3) is 2.32. The highest BCUT2D eigenvalue weighted by Gasteiger charge is 2.19. The van der Waals surface area contributed by atoms with Crippen LogP contribution in [0.5, 0.6) is 11.8 Å². The Labute approximate surface area is 114 Å². The van der Waals surface area contributed by atoms with Gasteiger partial charge in [-0.25, -0.2) is 9.78 Å². The quantitative estimate of drug-likeness (QED) is 0.780. The molecule has 0 aromatic carbocycles. The number of nitrogens with two attached hydrogens (primary N) is 1. The highest BCUT2D eigenvalue weighted by molar-refractivity contribution is 5.92. The molecule has 20 heavy (non-hydrogen) atoms. The van der Waals surface area contributed by atoms with Gasteiger partial charge in [0.2, 0.25) is 17.7 Å². The Bertz CT molecular complexity index is 617. The monoisotopic (exact) mass is 279 g/mol. The van der Waals surface area contributed by atoms with Gasteiger partial charge in [0.25, 0.3) is 0 Å². The largest absolute Gasteiger partial charge is 0.481 e. The first-order valence-corrected chi connectivity index (χ1v) is 5.49. The number of nitrogen functional groups attached to an aromatic ring is 1. The summed E-state index contributed by atoms with van der Waals surface area (Å²) in [6, 6.07) is 1.51. The first-order chi connectivity index (χ1) is 9.60. The summed E-state index contributed by atoms with van der Waals surface area (Å²) in [5.41, 5.74) is 5.82. The first kappa shape index (κ1) is 13.6. The van der Waals surface area contributed by atoms with E-state index in [1.165, 1.54) is 38.3 Å². The zero-order chi connectivity index (χ0) is 14.7. The van der Waals surface area contributed by atoms with Crippen LogP contribution in [0.4, 0.5) is 5.82 Å². The molecule has 9 heteroatoms. The van der Waals surface area contributed by atoms with E-state index in [-0.39, 0.29) is 17.5 Å². The number of ether oxygens (including phenoxy) is 3. The predicted molar refractivity (Wildman–Crippen MR) is 68.0 cm³/mol. The van der Waals surface area contributed by atoms with Crippen molar-refractivity contribution in [1.29, 1.82) is 0 Å². The lowest BCUT2D eigenvalue weighted by Crippen LogP contribution is -2.09. The van der Waals surface area contributed by atoms with Gasteiger partial charge in [0.1, 0.15) is 12.1 Å². The maximum absolute atomic E-state index is 11.5. The molecular weight excluding hydrogens is 266 g/mol. The van der Waals surface area contributed by atoms with Gasteiger partial charge < -0.3 is 19.9 Å². The van der Waals surface area contributed by atoms with Gasteiger partial charge in [0.05, 0.1) is 27.4 Å². The molecule has 2 N–H and O–H groups in total. The fraction of sp³-hybridized carbons (Fsp3) is 0.273. The summed E-state index contributed by atoms with van der Waals surface area (Å²) in [6.45, 7) is 0. The third-order valence-corrected chi connectivity index (χ3v) is 2.48. The number of carbonyl (C=O) groups is 1. The molecule has 0 aliphatic rings. The predicted octanol–water partition coefficient (Wildman–Crippen LogP) is 0.0483. The van der Waals surface area contributed by atoms with Crippen molar-refractivity contribution in [1.82, 2.24) is 19.5 Å². The smallest absolute Gasteiger partial charge is 0.360 e. The number of nitrogens with zero attached hydrogens (tertiary/aromatic N) is 4. The van der Waals surface area contributed by atoms with Crippen molar-refractivity contribution >= 4 is 11.8 Å². The van der Waals surface area contributed by atoms with Crippen molar-refractivity contribution in [3.8, 4) is 17.7 Å². The second-order valence-corrected chi connectivity index (χ2v) is 3.59. The molecule has 0 aliphatic carbocycles. The molecule has 2 rings (SSSR count). The maximum atomic E-state index is 11.5. The van der Waals surface area contributed by atoms with Crippen LogP contribution >= 0.6 is 0 Å². The lowest BCUT2D eigenvalue weighted by Gasteiger charge is -2.07.